The topological polar surface area (TPSA) is 83.4 Å². The van der Waals surface area contributed by atoms with Crippen LogP contribution in [-0.4, -0.2) is 17.3 Å². The molecule has 6 nitrogen and oxygen atoms in total. The van der Waals surface area contributed by atoms with Gasteiger partial charge in [0.15, 0.2) is 0 Å². The predicted octanol–water partition coefficient (Wildman–Crippen LogP) is 4.79. The Labute approximate surface area is 156 Å². The number of nitrogen functional groups attached to an aromatic ring is 1. The van der Waals surface area contributed by atoms with Gasteiger partial charge in [-0.25, -0.2) is 0 Å². The average molecular weight is 359 g/mol. The summed E-state index contributed by atoms with van der Waals surface area (Å²) in [7, 11) is 1.57. The van der Waals surface area contributed by atoms with Crippen LogP contribution < -0.4 is 15.2 Å². The first-order valence-electron chi connectivity index (χ1n) is 8.34. The Kier molecular flexibility index (Phi) is 4.45. The van der Waals surface area contributed by atoms with Gasteiger partial charge in [-0.2, -0.15) is 4.98 Å². The zero-order chi connectivity index (χ0) is 18.6. The van der Waals surface area contributed by atoms with Crippen LogP contribution >= 0.6 is 0 Å². The highest BCUT2D eigenvalue weighted by Crippen LogP contribution is 2.29. The maximum absolute atomic E-state index is 5.94. The summed E-state index contributed by atoms with van der Waals surface area (Å²) in [6, 6.07) is 22.4. The third kappa shape index (κ3) is 3.59. The Balaban J connectivity index is 1.54. The lowest BCUT2D eigenvalue weighted by molar-refractivity contribution is 0.416. The number of ether oxygens (including phenoxy) is 2. The molecule has 0 fully saturated rings. The van der Waals surface area contributed by atoms with E-state index >= 15 is 0 Å². The molecule has 27 heavy (non-hydrogen) atoms. The molecule has 0 amide bonds. The number of nitrogens with zero attached hydrogens (tertiary/aromatic N) is 2. The minimum atomic E-state index is 0.393. The Bertz CT molecular complexity index is 1040. The van der Waals surface area contributed by atoms with E-state index in [1.807, 2.05) is 60.7 Å². The number of aromatic nitrogens is 2. The summed E-state index contributed by atoms with van der Waals surface area (Å²) in [5, 5.41) is 4.05. The molecule has 1 aromatic heterocycles. The second-order valence-corrected chi connectivity index (χ2v) is 5.82. The van der Waals surface area contributed by atoms with Crippen molar-refractivity contribution in [2.24, 2.45) is 0 Å². The van der Waals surface area contributed by atoms with E-state index in [0.29, 0.717) is 23.2 Å². The molecule has 0 saturated carbocycles. The minimum absolute atomic E-state index is 0.393. The molecule has 0 saturated heterocycles. The van der Waals surface area contributed by atoms with E-state index in [-0.39, 0.29) is 0 Å². The molecule has 0 bridgehead atoms. The zero-order valence-electron chi connectivity index (χ0n) is 14.6. The average Bonchev–Trinajstić information content (AvgIpc) is 3.19. The van der Waals surface area contributed by atoms with Crippen molar-refractivity contribution in [3.8, 4) is 40.1 Å². The fourth-order valence-electron chi connectivity index (χ4n) is 2.62. The monoisotopic (exact) mass is 359 g/mol. The number of hydrogen-bond acceptors (Lipinski definition) is 6. The van der Waals surface area contributed by atoms with Crippen LogP contribution in [0.3, 0.4) is 0 Å². The number of anilines is 1. The van der Waals surface area contributed by atoms with Crippen LogP contribution in [0.2, 0.25) is 0 Å². The van der Waals surface area contributed by atoms with Crippen LogP contribution in [-0.2, 0) is 0 Å². The minimum Gasteiger partial charge on any atom is -0.495 e. The maximum atomic E-state index is 5.94. The van der Waals surface area contributed by atoms with Crippen molar-refractivity contribution >= 4 is 5.69 Å². The molecule has 0 spiro atoms. The SMILES string of the molecule is COc1ccc(-c2nc(-c3ccc(Oc4ccccc4)cc3)no2)cc1N. The molecule has 0 radical (unpaired) electrons. The van der Waals surface area contributed by atoms with Gasteiger partial charge in [0.25, 0.3) is 5.89 Å². The van der Waals surface area contributed by atoms with Gasteiger partial charge in [0.05, 0.1) is 12.8 Å². The van der Waals surface area contributed by atoms with Gasteiger partial charge in [-0.15, -0.1) is 0 Å². The molecular weight excluding hydrogens is 342 g/mol. The summed E-state index contributed by atoms with van der Waals surface area (Å²) in [6.45, 7) is 0. The van der Waals surface area contributed by atoms with Gasteiger partial charge < -0.3 is 19.7 Å². The van der Waals surface area contributed by atoms with Crippen LogP contribution in [0.15, 0.2) is 77.3 Å². The highest BCUT2D eigenvalue weighted by molar-refractivity contribution is 5.67. The van der Waals surface area contributed by atoms with Crippen molar-refractivity contribution in [1.29, 1.82) is 0 Å². The van der Waals surface area contributed by atoms with E-state index in [9.17, 15) is 0 Å². The Morgan fingerprint density at radius 2 is 1.56 bits per heavy atom. The lowest BCUT2D eigenvalue weighted by Crippen LogP contribution is -1.92. The number of rotatable bonds is 5. The maximum Gasteiger partial charge on any atom is 0.258 e. The van der Waals surface area contributed by atoms with Gasteiger partial charge in [0.2, 0.25) is 5.82 Å². The number of benzene rings is 3. The van der Waals surface area contributed by atoms with E-state index in [4.69, 9.17) is 19.7 Å². The van der Waals surface area contributed by atoms with E-state index < -0.39 is 0 Å². The molecule has 1 heterocycles. The summed E-state index contributed by atoms with van der Waals surface area (Å²) in [5.74, 6) is 3.00. The summed E-state index contributed by atoms with van der Waals surface area (Å²) in [4.78, 5) is 4.45. The third-order valence-electron chi connectivity index (χ3n) is 3.99. The first-order valence-corrected chi connectivity index (χ1v) is 8.34. The van der Waals surface area contributed by atoms with Crippen molar-refractivity contribution in [2.75, 3.05) is 12.8 Å². The van der Waals surface area contributed by atoms with Crippen molar-refractivity contribution < 1.29 is 14.0 Å². The van der Waals surface area contributed by atoms with Crippen LogP contribution in [0, 0.1) is 0 Å². The normalized spacial score (nSPS) is 10.6. The first kappa shape index (κ1) is 16.7. The van der Waals surface area contributed by atoms with Gasteiger partial charge >= 0.3 is 0 Å². The standard InChI is InChI=1S/C21H17N3O3/c1-25-19-12-9-15(13-18(19)22)21-23-20(24-27-21)14-7-10-17(11-8-14)26-16-5-3-2-4-6-16/h2-13H,22H2,1H3. The van der Waals surface area contributed by atoms with Gasteiger partial charge in [0.1, 0.15) is 17.2 Å². The van der Waals surface area contributed by atoms with Gasteiger partial charge in [-0.3, -0.25) is 0 Å². The van der Waals surface area contributed by atoms with Gasteiger partial charge in [0, 0.05) is 11.1 Å². The number of methoxy groups -OCH3 is 1. The van der Waals surface area contributed by atoms with Crippen molar-refractivity contribution in [3.05, 3.63) is 72.8 Å². The fraction of sp³-hybridized carbons (Fsp3) is 0.0476. The smallest absolute Gasteiger partial charge is 0.258 e. The summed E-state index contributed by atoms with van der Waals surface area (Å²) < 4.78 is 16.3. The molecule has 6 heteroatoms. The molecule has 2 N–H and O–H groups in total. The highest BCUT2D eigenvalue weighted by Gasteiger charge is 2.12. The third-order valence-corrected chi connectivity index (χ3v) is 3.99. The van der Waals surface area contributed by atoms with E-state index in [2.05, 4.69) is 10.1 Å². The van der Waals surface area contributed by atoms with E-state index in [1.165, 1.54) is 0 Å². The summed E-state index contributed by atoms with van der Waals surface area (Å²) >= 11 is 0. The largest absolute Gasteiger partial charge is 0.495 e. The Morgan fingerprint density at radius 1 is 0.852 bits per heavy atom. The van der Waals surface area contributed by atoms with Crippen LogP contribution in [0.5, 0.6) is 17.2 Å². The van der Waals surface area contributed by atoms with Crippen LogP contribution in [0.4, 0.5) is 5.69 Å². The van der Waals surface area contributed by atoms with Crippen LogP contribution in [0.25, 0.3) is 22.8 Å². The molecule has 134 valence electrons. The lowest BCUT2D eigenvalue weighted by Gasteiger charge is -2.05. The van der Waals surface area contributed by atoms with Crippen molar-refractivity contribution in [2.45, 2.75) is 0 Å². The number of hydrogen-bond donors (Lipinski definition) is 1. The molecule has 0 unspecified atom stereocenters. The second kappa shape index (κ2) is 7.21. The second-order valence-electron chi connectivity index (χ2n) is 5.82. The molecule has 4 rings (SSSR count). The van der Waals surface area contributed by atoms with Crippen molar-refractivity contribution in [1.82, 2.24) is 10.1 Å². The van der Waals surface area contributed by atoms with Crippen molar-refractivity contribution in [3.63, 3.8) is 0 Å². The fourth-order valence-corrected chi connectivity index (χ4v) is 2.62. The lowest BCUT2D eigenvalue weighted by atomic mass is 10.2. The Morgan fingerprint density at radius 3 is 2.26 bits per heavy atom. The quantitative estimate of drug-likeness (QED) is 0.516. The van der Waals surface area contributed by atoms with E-state index in [1.54, 1.807) is 19.2 Å². The number of para-hydroxylation sites is 1. The first-order chi connectivity index (χ1) is 13.2. The zero-order valence-corrected chi connectivity index (χ0v) is 14.6. The highest BCUT2D eigenvalue weighted by atomic mass is 16.5. The molecule has 3 aromatic carbocycles. The van der Waals surface area contributed by atoms with Gasteiger partial charge in [-0.05, 0) is 54.6 Å². The molecule has 4 aromatic rings. The molecule has 0 atom stereocenters. The number of nitrogens with two attached hydrogens (primary N) is 1. The molecule has 0 aliphatic rings. The Hall–Kier alpha value is -3.80. The van der Waals surface area contributed by atoms with Crippen LogP contribution in [0.1, 0.15) is 0 Å². The predicted molar refractivity (Wildman–Crippen MR) is 103 cm³/mol. The van der Waals surface area contributed by atoms with E-state index in [0.717, 1.165) is 22.6 Å². The molecule has 0 aliphatic carbocycles. The van der Waals surface area contributed by atoms with Gasteiger partial charge in [-0.1, -0.05) is 23.4 Å². The summed E-state index contributed by atoms with van der Waals surface area (Å²) in [5.41, 5.74) is 8.01. The summed E-state index contributed by atoms with van der Waals surface area (Å²) in [6.07, 6.45) is 0. The molecule has 0 aliphatic heterocycles. The molecular formula is C21H17N3O3.